The smallest absolute Gasteiger partial charge is 0.310 e. The van der Waals surface area contributed by atoms with E-state index in [1.807, 2.05) is 68.4 Å². The van der Waals surface area contributed by atoms with Crippen LogP contribution in [-0.4, -0.2) is 11.5 Å². The Bertz CT molecular complexity index is 615. The topological polar surface area (TPSA) is 52.3 Å². The average Bonchev–Trinajstić information content (AvgIpc) is 2.45. The van der Waals surface area contributed by atoms with Crippen molar-refractivity contribution in [2.75, 3.05) is 0 Å². The van der Waals surface area contributed by atoms with Gasteiger partial charge in [-0.05, 0) is 37.0 Å². The van der Waals surface area contributed by atoms with Crippen LogP contribution < -0.4 is 5.73 Å². The molecule has 0 atom stereocenters. The van der Waals surface area contributed by atoms with Crippen LogP contribution in [0.1, 0.15) is 30.5 Å². The Morgan fingerprint density at radius 3 is 2.32 bits per heavy atom. The monoisotopic (exact) mass is 297 g/mol. The molecule has 0 aromatic heterocycles. The zero-order valence-corrected chi connectivity index (χ0v) is 13.2. The lowest BCUT2D eigenvalue weighted by Crippen LogP contribution is -2.34. The fourth-order valence-electron chi connectivity index (χ4n) is 2.33. The van der Waals surface area contributed by atoms with Gasteiger partial charge < -0.3 is 10.5 Å². The van der Waals surface area contributed by atoms with E-state index in [0.717, 1.165) is 23.1 Å². The second-order valence-corrected chi connectivity index (χ2v) is 6.31. The summed E-state index contributed by atoms with van der Waals surface area (Å²) in [7, 11) is 0. The molecular weight excluding hydrogens is 274 g/mol. The first-order valence-electron chi connectivity index (χ1n) is 7.49. The molecule has 0 radical (unpaired) electrons. The molecule has 3 nitrogen and oxygen atoms in total. The minimum atomic E-state index is -0.257. The van der Waals surface area contributed by atoms with Crippen molar-refractivity contribution in [1.82, 2.24) is 0 Å². The minimum Gasteiger partial charge on any atom is -0.461 e. The number of ether oxygens (including phenoxy) is 1. The summed E-state index contributed by atoms with van der Waals surface area (Å²) in [4.78, 5) is 11.9. The standard InChI is InChI=1S/C19H23NO2/c1-19(2,20)13-17-10-6-9-16(11-17)12-18(21)22-14-15-7-4-3-5-8-15/h3-11H,12-14,20H2,1-2H3. The summed E-state index contributed by atoms with van der Waals surface area (Å²) in [5.74, 6) is -0.215. The molecular formula is C19H23NO2. The number of carbonyl (C=O) groups excluding carboxylic acids is 1. The molecule has 0 aliphatic heterocycles. The van der Waals surface area contributed by atoms with Crippen LogP contribution in [0.5, 0.6) is 0 Å². The molecule has 0 amide bonds. The summed E-state index contributed by atoms with van der Waals surface area (Å²) in [5, 5.41) is 0. The lowest BCUT2D eigenvalue weighted by molar-refractivity contribution is -0.144. The van der Waals surface area contributed by atoms with Crippen molar-refractivity contribution >= 4 is 5.97 Å². The number of carbonyl (C=O) groups is 1. The van der Waals surface area contributed by atoms with Gasteiger partial charge in [0.2, 0.25) is 0 Å². The maximum Gasteiger partial charge on any atom is 0.310 e. The first-order chi connectivity index (χ1) is 10.4. The van der Waals surface area contributed by atoms with E-state index in [4.69, 9.17) is 10.5 Å². The van der Waals surface area contributed by atoms with Crippen LogP contribution in [0, 0.1) is 0 Å². The summed E-state index contributed by atoms with van der Waals surface area (Å²) in [6.07, 6.45) is 1.06. The quantitative estimate of drug-likeness (QED) is 0.833. The van der Waals surface area contributed by atoms with Gasteiger partial charge in [-0.3, -0.25) is 4.79 Å². The average molecular weight is 297 g/mol. The molecule has 0 spiro atoms. The predicted molar refractivity (Wildman–Crippen MR) is 88.4 cm³/mol. The second kappa shape index (κ2) is 7.23. The molecule has 0 bridgehead atoms. The Kier molecular flexibility index (Phi) is 5.34. The van der Waals surface area contributed by atoms with Crippen molar-refractivity contribution in [2.45, 2.75) is 38.8 Å². The first-order valence-corrected chi connectivity index (χ1v) is 7.49. The van der Waals surface area contributed by atoms with Crippen LogP contribution >= 0.6 is 0 Å². The normalized spacial score (nSPS) is 11.2. The fourth-order valence-corrected chi connectivity index (χ4v) is 2.33. The molecule has 116 valence electrons. The highest BCUT2D eigenvalue weighted by molar-refractivity contribution is 5.72. The van der Waals surface area contributed by atoms with Gasteiger partial charge in [0.05, 0.1) is 6.42 Å². The van der Waals surface area contributed by atoms with E-state index in [9.17, 15) is 4.79 Å². The molecule has 2 rings (SSSR count). The van der Waals surface area contributed by atoms with Gasteiger partial charge in [-0.2, -0.15) is 0 Å². The van der Waals surface area contributed by atoms with Crippen molar-refractivity contribution in [1.29, 1.82) is 0 Å². The molecule has 2 aromatic rings. The third kappa shape index (κ3) is 5.70. The molecule has 0 saturated heterocycles. The van der Waals surface area contributed by atoms with E-state index in [-0.39, 0.29) is 17.9 Å². The van der Waals surface area contributed by atoms with Crippen molar-refractivity contribution in [3.8, 4) is 0 Å². The highest BCUT2D eigenvalue weighted by Crippen LogP contribution is 2.13. The molecule has 0 heterocycles. The molecule has 0 unspecified atom stereocenters. The summed E-state index contributed by atoms with van der Waals surface area (Å²) < 4.78 is 5.31. The first kappa shape index (κ1) is 16.2. The number of benzene rings is 2. The predicted octanol–water partition coefficient (Wildman–Crippen LogP) is 3.25. The van der Waals surface area contributed by atoms with Gasteiger partial charge in [-0.15, -0.1) is 0 Å². The van der Waals surface area contributed by atoms with E-state index < -0.39 is 0 Å². The summed E-state index contributed by atoms with van der Waals surface area (Å²) in [6, 6.07) is 17.6. The third-order valence-electron chi connectivity index (χ3n) is 3.24. The van der Waals surface area contributed by atoms with Crippen molar-refractivity contribution in [3.05, 3.63) is 71.3 Å². The number of rotatable bonds is 6. The van der Waals surface area contributed by atoms with Gasteiger partial charge >= 0.3 is 5.97 Å². The molecule has 3 heteroatoms. The van der Waals surface area contributed by atoms with Crippen LogP contribution in [0.4, 0.5) is 0 Å². The van der Waals surface area contributed by atoms with Gasteiger partial charge in [0.1, 0.15) is 6.61 Å². The number of hydrogen-bond acceptors (Lipinski definition) is 3. The maximum absolute atomic E-state index is 11.9. The highest BCUT2D eigenvalue weighted by Gasteiger charge is 2.12. The number of hydrogen-bond donors (Lipinski definition) is 1. The van der Waals surface area contributed by atoms with Gasteiger partial charge in [-0.25, -0.2) is 0 Å². The van der Waals surface area contributed by atoms with Crippen molar-refractivity contribution in [3.63, 3.8) is 0 Å². The zero-order valence-electron chi connectivity index (χ0n) is 13.2. The van der Waals surface area contributed by atoms with Gasteiger partial charge in [0.25, 0.3) is 0 Å². The van der Waals surface area contributed by atoms with E-state index in [2.05, 4.69) is 0 Å². The van der Waals surface area contributed by atoms with Crippen molar-refractivity contribution < 1.29 is 9.53 Å². The Balaban J connectivity index is 1.90. The molecule has 2 N–H and O–H groups in total. The van der Waals surface area contributed by atoms with E-state index in [1.165, 1.54) is 0 Å². The Morgan fingerprint density at radius 2 is 1.64 bits per heavy atom. The molecule has 0 aliphatic carbocycles. The largest absolute Gasteiger partial charge is 0.461 e. The third-order valence-corrected chi connectivity index (χ3v) is 3.24. The molecule has 2 aromatic carbocycles. The fraction of sp³-hybridized carbons (Fsp3) is 0.316. The molecule has 0 aliphatic rings. The van der Waals surface area contributed by atoms with Crippen LogP contribution in [0.3, 0.4) is 0 Å². The second-order valence-electron chi connectivity index (χ2n) is 6.31. The number of esters is 1. The Labute approximate surface area is 132 Å². The Morgan fingerprint density at radius 1 is 1.00 bits per heavy atom. The van der Waals surface area contributed by atoms with E-state index in [0.29, 0.717) is 6.61 Å². The van der Waals surface area contributed by atoms with Crippen molar-refractivity contribution in [2.24, 2.45) is 5.73 Å². The van der Waals surface area contributed by atoms with E-state index >= 15 is 0 Å². The van der Waals surface area contributed by atoms with Crippen LogP contribution in [0.2, 0.25) is 0 Å². The van der Waals surface area contributed by atoms with E-state index in [1.54, 1.807) is 0 Å². The highest BCUT2D eigenvalue weighted by atomic mass is 16.5. The lowest BCUT2D eigenvalue weighted by atomic mass is 9.95. The lowest BCUT2D eigenvalue weighted by Gasteiger charge is -2.18. The zero-order chi connectivity index (χ0) is 16.0. The van der Waals surface area contributed by atoms with Crippen LogP contribution in [-0.2, 0) is 29.0 Å². The SMILES string of the molecule is CC(C)(N)Cc1cccc(CC(=O)OCc2ccccc2)c1. The molecule has 0 saturated carbocycles. The van der Waals surface area contributed by atoms with Crippen LogP contribution in [0.15, 0.2) is 54.6 Å². The minimum absolute atomic E-state index is 0.215. The summed E-state index contributed by atoms with van der Waals surface area (Å²) in [6.45, 7) is 4.30. The van der Waals surface area contributed by atoms with Gasteiger partial charge in [0.15, 0.2) is 0 Å². The van der Waals surface area contributed by atoms with Gasteiger partial charge in [0, 0.05) is 5.54 Å². The van der Waals surface area contributed by atoms with Crippen LogP contribution in [0.25, 0.3) is 0 Å². The molecule has 22 heavy (non-hydrogen) atoms. The maximum atomic E-state index is 11.9. The summed E-state index contributed by atoms with van der Waals surface area (Å²) in [5.41, 5.74) is 8.87. The Hall–Kier alpha value is -2.13. The van der Waals surface area contributed by atoms with Gasteiger partial charge in [-0.1, -0.05) is 54.6 Å². The summed E-state index contributed by atoms with van der Waals surface area (Å²) >= 11 is 0. The molecule has 0 fully saturated rings. The number of nitrogens with two attached hydrogens (primary N) is 1.